The number of aryl methyl sites for hydroxylation is 1. The molecule has 1 unspecified atom stereocenters. The van der Waals surface area contributed by atoms with Crippen LogP contribution in [0.1, 0.15) is 23.8 Å². The van der Waals surface area contributed by atoms with Crippen LogP contribution in [-0.2, 0) is 7.05 Å². The Kier molecular flexibility index (Phi) is 3.56. The van der Waals surface area contributed by atoms with Gasteiger partial charge in [0.15, 0.2) is 5.69 Å². The van der Waals surface area contributed by atoms with Crippen LogP contribution in [0.3, 0.4) is 0 Å². The molecule has 0 saturated carbocycles. The Morgan fingerprint density at radius 2 is 2.22 bits per heavy atom. The van der Waals surface area contributed by atoms with Crippen LogP contribution in [0.4, 0.5) is 5.69 Å². The molecule has 1 amide bonds. The average Bonchev–Trinajstić information content (AvgIpc) is 2.68. The Morgan fingerprint density at radius 3 is 2.78 bits per heavy atom. The first-order chi connectivity index (χ1) is 8.52. The summed E-state index contributed by atoms with van der Waals surface area (Å²) >= 11 is 0. The summed E-state index contributed by atoms with van der Waals surface area (Å²) in [6, 6.07) is 0.424. The van der Waals surface area contributed by atoms with Gasteiger partial charge in [-0.05, 0) is 13.5 Å². The first-order valence-electron chi connectivity index (χ1n) is 6.31. The highest BCUT2D eigenvalue weighted by Gasteiger charge is 2.28. The molecule has 100 valence electrons. The number of carbonyl (C=O) groups excluding carboxylic acids is 1. The van der Waals surface area contributed by atoms with Gasteiger partial charge in [-0.3, -0.25) is 14.4 Å². The number of hydrogen-bond acceptors (Lipinski definition) is 4. The zero-order chi connectivity index (χ0) is 13.3. The van der Waals surface area contributed by atoms with E-state index in [9.17, 15) is 4.79 Å². The number of nitrogens with zero attached hydrogens (tertiary/aromatic N) is 4. The third-order valence-electron chi connectivity index (χ3n) is 3.60. The van der Waals surface area contributed by atoms with Crippen molar-refractivity contribution < 1.29 is 4.79 Å². The summed E-state index contributed by atoms with van der Waals surface area (Å²) in [5.74, 6) is -0.0559. The van der Waals surface area contributed by atoms with Crippen molar-refractivity contribution in [2.75, 3.05) is 32.4 Å². The lowest BCUT2D eigenvalue weighted by Crippen LogP contribution is -2.53. The summed E-state index contributed by atoms with van der Waals surface area (Å²) < 4.78 is 1.58. The largest absolute Gasteiger partial charge is 0.396 e. The number of anilines is 1. The Labute approximate surface area is 107 Å². The highest BCUT2D eigenvalue weighted by Crippen LogP contribution is 2.16. The summed E-state index contributed by atoms with van der Waals surface area (Å²) in [5, 5.41) is 4.14. The SMILES string of the molecule is CCC1CN(C(=O)c2nn(C)cc2N)CCN1C. The van der Waals surface area contributed by atoms with Crippen LogP contribution in [0.15, 0.2) is 6.20 Å². The Morgan fingerprint density at radius 1 is 1.50 bits per heavy atom. The smallest absolute Gasteiger partial charge is 0.276 e. The van der Waals surface area contributed by atoms with E-state index in [1.54, 1.807) is 17.9 Å². The molecule has 1 aromatic heterocycles. The van der Waals surface area contributed by atoms with Crippen molar-refractivity contribution in [3.05, 3.63) is 11.9 Å². The molecule has 1 aromatic rings. The van der Waals surface area contributed by atoms with Crippen LogP contribution in [0.25, 0.3) is 0 Å². The van der Waals surface area contributed by atoms with E-state index < -0.39 is 0 Å². The molecule has 1 saturated heterocycles. The van der Waals surface area contributed by atoms with E-state index in [0.717, 1.165) is 26.1 Å². The lowest BCUT2D eigenvalue weighted by molar-refractivity contribution is 0.0536. The topological polar surface area (TPSA) is 67.4 Å². The Balaban J connectivity index is 2.12. The molecule has 2 rings (SSSR count). The van der Waals surface area contributed by atoms with Crippen LogP contribution in [0, 0.1) is 0 Å². The summed E-state index contributed by atoms with van der Waals surface area (Å²) in [5.41, 5.74) is 6.63. The van der Waals surface area contributed by atoms with E-state index in [2.05, 4.69) is 24.0 Å². The molecule has 1 fully saturated rings. The van der Waals surface area contributed by atoms with Gasteiger partial charge in [-0.2, -0.15) is 5.10 Å². The summed E-state index contributed by atoms with van der Waals surface area (Å²) in [6.45, 7) is 4.53. The number of likely N-dealkylation sites (N-methyl/N-ethyl adjacent to an activating group) is 1. The first kappa shape index (κ1) is 12.9. The average molecular weight is 251 g/mol. The lowest BCUT2D eigenvalue weighted by atomic mass is 10.1. The standard InChI is InChI=1S/C12H21N5O/c1-4-9-7-17(6-5-15(9)2)12(18)11-10(13)8-16(3)14-11/h8-9H,4-7,13H2,1-3H3. The van der Waals surface area contributed by atoms with E-state index in [1.807, 2.05) is 4.90 Å². The third-order valence-corrected chi connectivity index (χ3v) is 3.60. The third kappa shape index (κ3) is 2.33. The number of piperazine rings is 1. The van der Waals surface area contributed by atoms with Gasteiger partial charge in [-0.1, -0.05) is 6.92 Å². The second-order valence-electron chi connectivity index (χ2n) is 4.90. The number of rotatable bonds is 2. The molecule has 2 heterocycles. The number of nitrogen functional groups attached to an aromatic ring is 1. The predicted molar refractivity (Wildman–Crippen MR) is 70.2 cm³/mol. The van der Waals surface area contributed by atoms with Crippen LogP contribution < -0.4 is 5.73 Å². The number of amides is 1. The molecule has 2 N–H and O–H groups in total. The molecule has 1 aliphatic heterocycles. The summed E-state index contributed by atoms with van der Waals surface area (Å²) in [4.78, 5) is 16.5. The number of carbonyl (C=O) groups is 1. The molecule has 0 bridgehead atoms. The molecule has 6 heteroatoms. The quantitative estimate of drug-likeness (QED) is 0.813. The molecule has 6 nitrogen and oxygen atoms in total. The van der Waals surface area contributed by atoms with Crippen molar-refractivity contribution in [2.45, 2.75) is 19.4 Å². The van der Waals surface area contributed by atoms with Crippen molar-refractivity contribution in [3.63, 3.8) is 0 Å². The lowest BCUT2D eigenvalue weighted by Gasteiger charge is -2.38. The van der Waals surface area contributed by atoms with Gasteiger partial charge >= 0.3 is 0 Å². The minimum absolute atomic E-state index is 0.0559. The predicted octanol–water partition coefficient (Wildman–Crippen LogP) is 0.169. The van der Waals surface area contributed by atoms with Crippen molar-refractivity contribution >= 4 is 11.6 Å². The van der Waals surface area contributed by atoms with Gasteiger partial charge in [0.25, 0.3) is 5.91 Å². The molecule has 0 aliphatic carbocycles. The molecule has 1 aliphatic rings. The van der Waals surface area contributed by atoms with Gasteiger partial charge in [0.1, 0.15) is 0 Å². The van der Waals surface area contributed by atoms with Crippen molar-refractivity contribution in [2.24, 2.45) is 7.05 Å². The van der Waals surface area contributed by atoms with Gasteiger partial charge in [0.2, 0.25) is 0 Å². The van der Waals surface area contributed by atoms with Gasteiger partial charge < -0.3 is 10.6 Å². The highest BCUT2D eigenvalue weighted by atomic mass is 16.2. The van der Waals surface area contributed by atoms with Crippen molar-refractivity contribution in [1.29, 1.82) is 0 Å². The minimum atomic E-state index is -0.0559. The van der Waals surface area contributed by atoms with Crippen LogP contribution in [0.5, 0.6) is 0 Å². The molecule has 0 aromatic carbocycles. The highest BCUT2D eigenvalue weighted by molar-refractivity contribution is 5.97. The van der Waals surface area contributed by atoms with Gasteiger partial charge in [0, 0.05) is 38.9 Å². The fourth-order valence-corrected chi connectivity index (χ4v) is 2.39. The maximum absolute atomic E-state index is 12.4. The number of nitrogens with two attached hydrogens (primary N) is 1. The fraction of sp³-hybridized carbons (Fsp3) is 0.667. The monoisotopic (exact) mass is 251 g/mol. The zero-order valence-electron chi connectivity index (χ0n) is 11.3. The van der Waals surface area contributed by atoms with Gasteiger partial charge in [-0.15, -0.1) is 0 Å². The summed E-state index contributed by atoms with van der Waals surface area (Å²) in [7, 11) is 3.87. The van der Waals surface area contributed by atoms with Crippen molar-refractivity contribution in [3.8, 4) is 0 Å². The molecule has 0 radical (unpaired) electrons. The maximum atomic E-state index is 12.4. The zero-order valence-corrected chi connectivity index (χ0v) is 11.3. The number of aromatic nitrogens is 2. The fourth-order valence-electron chi connectivity index (χ4n) is 2.39. The second-order valence-corrected chi connectivity index (χ2v) is 4.90. The van der Waals surface area contributed by atoms with E-state index >= 15 is 0 Å². The molecular weight excluding hydrogens is 230 g/mol. The van der Waals surface area contributed by atoms with Crippen LogP contribution in [-0.4, -0.2) is 58.2 Å². The van der Waals surface area contributed by atoms with E-state index in [0.29, 0.717) is 17.4 Å². The summed E-state index contributed by atoms with van der Waals surface area (Å²) in [6.07, 6.45) is 2.71. The minimum Gasteiger partial charge on any atom is -0.396 e. The normalized spacial score (nSPS) is 21.3. The Bertz CT molecular complexity index is 442. The van der Waals surface area contributed by atoms with Gasteiger partial charge in [-0.25, -0.2) is 0 Å². The molecular formula is C12H21N5O. The van der Waals surface area contributed by atoms with E-state index in [4.69, 9.17) is 5.73 Å². The van der Waals surface area contributed by atoms with E-state index in [1.165, 1.54) is 0 Å². The van der Waals surface area contributed by atoms with Gasteiger partial charge in [0.05, 0.1) is 5.69 Å². The first-order valence-corrected chi connectivity index (χ1v) is 6.31. The number of hydrogen-bond donors (Lipinski definition) is 1. The van der Waals surface area contributed by atoms with Crippen LogP contribution in [0.2, 0.25) is 0 Å². The second kappa shape index (κ2) is 4.97. The van der Waals surface area contributed by atoms with Crippen LogP contribution >= 0.6 is 0 Å². The maximum Gasteiger partial charge on any atom is 0.276 e. The van der Waals surface area contributed by atoms with Crippen molar-refractivity contribution in [1.82, 2.24) is 19.6 Å². The Hall–Kier alpha value is -1.56. The van der Waals surface area contributed by atoms with E-state index in [-0.39, 0.29) is 5.91 Å². The molecule has 1 atom stereocenters. The molecule has 18 heavy (non-hydrogen) atoms. The molecule has 0 spiro atoms.